The van der Waals surface area contributed by atoms with Crippen LogP contribution >= 0.6 is 0 Å². The average Bonchev–Trinajstić information content (AvgIpc) is 2.87. The van der Waals surface area contributed by atoms with Crippen molar-refractivity contribution in [3.8, 4) is 5.75 Å². The monoisotopic (exact) mass is 536 g/mol. The molecule has 4 rings (SSSR count). The van der Waals surface area contributed by atoms with E-state index in [1.165, 1.54) is 0 Å². The number of ether oxygens (including phenoxy) is 1. The second-order valence-corrected chi connectivity index (χ2v) is 11.6. The smallest absolute Gasteiger partial charge is 0.320 e. The molecule has 0 amide bonds. The van der Waals surface area contributed by atoms with Gasteiger partial charge in [-0.1, -0.05) is 24.3 Å². The third-order valence-electron chi connectivity index (χ3n) is 6.90. The van der Waals surface area contributed by atoms with E-state index < -0.39 is 21.7 Å². The first-order valence-corrected chi connectivity index (χ1v) is 14.0. The third kappa shape index (κ3) is 6.49. The maximum absolute atomic E-state index is 13.1. The minimum Gasteiger partial charge on any atom is -0.490 e. The topological polar surface area (TPSA) is 158 Å². The maximum atomic E-state index is 13.1. The van der Waals surface area contributed by atoms with Crippen molar-refractivity contribution in [1.82, 2.24) is 0 Å². The Bertz CT molecular complexity index is 1460. The van der Waals surface area contributed by atoms with Crippen LogP contribution in [0, 0.1) is 16.7 Å². The number of carboxylic acid groups (broad SMARTS) is 1. The number of amidine groups is 1. The van der Waals surface area contributed by atoms with E-state index in [0.717, 1.165) is 40.8 Å². The zero-order valence-corrected chi connectivity index (χ0v) is 22.0. The summed E-state index contributed by atoms with van der Waals surface area (Å²) in [5, 5.41) is 26.5. The number of aliphatic carboxylic acids is 1. The van der Waals surface area contributed by atoms with E-state index in [1.807, 2.05) is 25.1 Å². The lowest BCUT2D eigenvalue weighted by atomic mass is 9.85. The molecule has 0 bridgehead atoms. The van der Waals surface area contributed by atoms with Crippen molar-refractivity contribution in [3.63, 3.8) is 0 Å². The molecule has 1 fully saturated rings. The number of nitrogens with zero attached hydrogens (tertiary/aromatic N) is 1. The van der Waals surface area contributed by atoms with Gasteiger partial charge in [0.1, 0.15) is 11.6 Å². The van der Waals surface area contributed by atoms with Crippen molar-refractivity contribution in [1.29, 1.82) is 10.8 Å². The fourth-order valence-corrected chi connectivity index (χ4v) is 6.07. The van der Waals surface area contributed by atoms with Gasteiger partial charge in [0.15, 0.2) is 5.75 Å². The molecule has 0 atom stereocenters. The molecule has 200 valence electrons. The van der Waals surface area contributed by atoms with Crippen LogP contribution in [0.5, 0.6) is 5.75 Å². The van der Waals surface area contributed by atoms with Crippen LogP contribution in [-0.2, 0) is 21.4 Å². The molecule has 1 aliphatic carbocycles. The highest BCUT2D eigenvalue weighted by molar-refractivity contribution is 7.93. The van der Waals surface area contributed by atoms with E-state index in [-0.39, 0.29) is 18.5 Å². The van der Waals surface area contributed by atoms with Crippen LogP contribution in [0.1, 0.15) is 43.7 Å². The Morgan fingerprint density at radius 1 is 1.00 bits per heavy atom. The highest BCUT2D eigenvalue weighted by Crippen LogP contribution is 2.30. The molecule has 0 saturated heterocycles. The highest BCUT2D eigenvalue weighted by atomic mass is 32.2. The molecule has 0 aromatic heterocycles. The molecule has 0 radical (unpaired) electrons. The van der Waals surface area contributed by atoms with Gasteiger partial charge >= 0.3 is 5.97 Å². The zero-order valence-electron chi connectivity index (χ0n) is 21.2. The quantitative estimate of drug-likeness (QED) is 0.220. The average molecular weight is 537 g/mol. The summed E-state index contributed by atoms with van der Waals surface area (Å²) in [5.74, 6) is -1.61. The molecule has 0 aliphatic heterocycles. The van der Waals surface area contributed by atoms with E-state index >= 15 is 0 Å². The van der Waals surface area contributed by atoms with Gasteiger partial charge in [-0.25, -0.2) is 8.42 Å². The summed E-state index contributed by atoms with van der Waals surface area (Å²) < 4.78 is 33.4. The molecule has 10 heteroatoms. The van der Waals surface area contributed by atoms with Crippen molar-refractivity contribution in [2.45, 2.75) is 45.3 Å². The first kappa shape index (κ1) is 27.1. The van der Waals surface area contributed by atoms with Gasteiger partial charge in [0.2, 0.25) is 10.0 Å². The zero-order chi connectivity index (χ0) is 27.4. The van der Waals surface area contributed by atoms with Crippen LogP contribution in [0.3, 0.4) is 0 Å². The molecule has 5 N–H and O–H groups in total. The number of nitrogen functional groups attached to an aromatic ring is 1. The number of fused-ring (bicyclic) bond motifs is 1. The Morgan fingerprint density at radius 2 is 1.66 bits per heavy atom. The predicted octanol–water partition coefficient (Wildman–Crippen LogP) is 4.52. The highest BCUT2D eigenvalue weighted by Gasteiger charge is 2.27. The minimum absolute atomic E-state index is 0.0424. The second-order valence-electron chi connectivity index (χ2n) is 9.73. The maximum Gasteiger partial charge on any atom is 0.320 e. The van der Waals surface area contributed by atoms with Gasteiger partial charge in [-0.05, 0) is 91.3 Å². The number of rotatable bonds is 10. The number of nitrogens with two attached hydrogens (primary N) is 1. The summed E-state index contributed by atoms with van der Waals surface area (Å²) in [7, 11) is -4.18. The van der Waals surface area contributed by atoms with Gasteiger partial charge in [-0.2, -0.15) is 0 Å². The number of carbonyl (C=O) groups is 1. The minimum atomic E-state index is -4.18. The van der Waals surface area contributed by atoms with E-state index in [0.29, 0.717) is 34.2 Å². The summed E-state index contributed by atoms with van der Waals surface area (Å²) in [6, 6.07) is 17.5. The predicted molar refractivity (Wildman–Crippen MR) is 149 cm³/mol. The largest absolute Gasteiger partial charge is 0.490 e. The van der Waals surface area contributed by atoms with E-state index in [1.54, 1.807) is 42.5 Å². The Hall–Kier alpha value is -3.92. The Kier molecular flexibility index (Phi) is 8.01. The number of sulfonamides is 1. The lowest BCUT2D eigenvalue weighted by molar-refractivity contribution is -0.134. The summed E-state index contributed by atoms with van der Waals surface area (Å²) in [4.78, 5) is 11.3. The summed E-state index contributed by atoms with van der Waals surface area (Å²) >= 11 is 0. The lowest BCUT2D eigenvalue weighted by Crippen LogP contribution is -2.35. The molecule has 1 aliphatic rings. The van der Waals surface area contributed by atoms with E-state index in [4.69, 9.17) is 21.3 Å². The van der Waals surface area contributed by atoms with Crippen LogP contribution in [0.15, 0.2) is 60.7 Å². The van der Waals surface area contributed by atoms with Crippen LogP contribution in [-0.4, -0.2) is 42.9 Å². The molecule has 38 heavy (non-hydrogen) atoms. The molecular formula is C28H32N4O5S. The van der Waals surface area contributed by atoms with Crippen molar-refractivity contribution in [2.75, 3.05) is 10.1 Å². The fourth-order valence-electron chi connectivity index (χ4n) is 4.81. The van der Waals surface area contributed by atoms with Crippen LogP contribution in [0.2, 0.25) is 0 Å². The van der Waals surface area contributed by atoms with Gasteiger partial charge in [0.05, 0.1) is 18.3 Å². The number of anilines is 1. The van der Waals surface area contributed by atoms with Crippen molar-refractivity contribution in [2.24, 2.45) is 11.7 Å². The summed E-state index contributed by atoms with van der Waals surface area (Å²) in [6.45, 7) is 1.78. The Labute approximate surface area is 222 Å². The molecular weight excluding hydrogens is 504 g/mol. The van der Waals surface area contributed by atoms with Gasteiger partial charge in [-0.3, -0.25) is 14.5 Å². The normalized spacial score (nSPS) is 17.6. The molecule has 3 aromatic carbocycles. The molecule has 9 nitrogen and oxygen atoms in total. The van der Waals surface area contributed by atoms with Gasteiger partial charge < -0.3 is 21.0 Å². The van der Waals surface area contributed by atoms with E-state index in [2.05, 4.69) is 0 Å². The van der Waals surface area contributed by atoms with Crippen LogP contribution in [0.4, 0.5) is 5.69 Å². The Morgan fingerprint density at radius 3 is 2.26 bits per heavy atom. The fraction of sp³-hybridized carbons (Fsp3) is 0.321. The summed E-state index contributed by atoms with van der Waals surface area (Å²) in [6.07, 6.45) is 3.59. The Balaban J connectivity index is 1.57. The van der Waals surface area contributed by atoms with Crippen LogP contribution < -0.4 is 14.8 Å². The number of carboxylic acids is 1. The summed E-state index contributed by atoms with van der Waals surface area (Å²) in [5.41, 5.74) is 7.87. The van der Waals surface area contributed by atoms with Gasteiger partial charge in [-0.15, -0.1) is 0 Å². The molecule has 0 heterocycles. The number of benzene rings is 3. The van der Waals surface area contributed by atoms with Crippen LogP contribution in [0.25, 0.3) is 10.8 Å². The lowest BCUT2D eigenvalue weighted by Gasteiger charge is -2.29. The van der Waals surface area contributed by atoms with Crippen molar-refractivity contribution < 1.29 is 23.1 Å². The molecule has 0 spiro atoms. The first-order valence-electron chi connectivity index (χ1n) is 12.4. The van der Waals surface area contributed by atoms with Crippen molar-refractivity contribution in [3.05, 3.63) is 71.8 Å². The first-order chi connectivity index (χ1) is 18.0. The van der Waals surface area contributed by atoms with Crippen molar-refractivity contribution >= 4 is 44.0 Å². The third-order valence-corrected chi connectivity index (χ3v) is 8.52. The molecule has 3 aromatic rings. The molecule has 0 unspecified atom stereocenters. The van der Waals surface area contributed by atoms with Gasteiger partial charge in [0, 0.05) is 11.3 Å². The SMILES string of the molecule is CC(=N)C1CCC(Oc2ccc(N(Cc3ccc4ccc(C(=N)N)cc4c3)S(=O)(=O)CC(=O)O)cc2)CC1. The number of nitrogens with one attached hydrogen (secondary N) is 2. The van der Waals surface area contributed by atoms with E-state index in [9.17, 15) is 18.3 Å². The second kappa shape index (κ2) is 11.2. The number of hydrogen-bond donors (Lipinski definition) is 4. The standard InChI is InChI=1S/C28H32N4O5S/c1-18(29)20-6-10-25(11-7-20)37-26-12-8-24(9-13-26)32(38(35,36)17-27(33)34)16-19-2-3-21-4-5-22(28(30)31)15-23(21)14-19/h2-5,8-9,12-15,20,25,29H,6-7,10-11,16-17H2,1H3,(H3,30,31)(H,33,34). The molecule has 1 saturated carbocycles. The van der Waals surface area contributed by atoms with Gasteiger partial charge in [0.25, 0.3) is 0 Å². The number of hydrogen-bond acceptors (Lipinski definition) is 6.